The van der Waals surface area contributed by atoms with E-state index < -0.39 is 12.2 Å². The van der Waals surface area contributed by atoms with Gasteiger partial charge in [-0.05, 0) is 37.1 Å². The molecule has 1 aromatic carbocycles. The third kappa shape index (κ3) is 3.90. The maximum atomic E-state index is 10.6. The van der Waals surface area contributed by atoms with Crippen LogP contribution in [0.2, 0.25) is 5.02 Å². The van der Waals surface area contributed by atoms with Gasteiger partial charge in [0.2, 0.25) is 0 Å². The average Bonchev–Trinajstić information content (AvgIpc) is 3.50. The molecule has 1 aliphatic carbocycles. The Morgan fingerprint density at radius 3 is 2.75 bits per heavy atom. The highest BCUT2D eigenvalue weighted by molar-refractivity contribution is 6.30. The number of nitrogens with zero attached hydrogens (tertiary/aromatic N) is 5. The number of methoxy groups -OCH3 is 1. The summed E-state index contributed by atoms with van der Waals surface area (Å²) in [5.41, 5.74) is 2.45. The van der Waals surface area contributed by atoms with Crippen molar-refractivity contribution in [3.8, 4) is 0 Å². The molecule has 1 saturated heterocycles. The van der Waals surface area contributed by atoms with E-state index in [1.165, 1.54) is 6.33 Å². The third-order valence-electron chi connectivity index (χ3n) is 6.59. The summed E-state index contributed by atoms with van der Waals surface area (Å²) in [7, 11) is 1.60. The van der Waals surface area contributed by atoms with Crippen molar-refractivity contribution >= 4 is 34.3 Å². The summed E-state index contributed by atoms with van der Waals surface area (Å²) in [4.78, 5) is 15.7. The van der Waals surface area contributed by atoms with Gasteiger partial charge in [-0.3, -0.25) is 0 Å². The van der Waals surface area contributed by atoms with Crippen LogP contribution in [0.3, 0.4) is 0 Å². The van der Waals surface area contributed by atoms with Crippen LogP contribution in [0, 0.1) is 5.92 Å². The van der Waals surface area contributed by atoms with Gasteiger partial charge in [-0.15, -0.1) is 0 Å². The first-order valence-electron chi connectivity index (χ1n) is 10.8. The maximum Gasteiger partial charge on any atom is 0.165 e. The Morgan fingerprint density at radius 2 is 1.97 bits per heavy atom. The molecule has 2 aromatic heterocycles. The number of anilines is 2. The predicted octanol–water partition coefficient (Wildman–Crippen LogP) is 2.10. The van der Waals surface area contributed by atoms with Gasteiger partial charge in [-0.2, -0.15) is 0 Å². The van der Waals surface area contributed by atoms with Crippen LogP contribution in [0.1, 0.15) is 18.9 Å². The van der Waals surface area contributed by atoms with Crippen LogP contribution in [0.15, 0.2) is 36.9 Å². The highest BCUT2D eigenvalue weighted by atomic mass is 35.5. The lowest BCUT2D eigenvalue weighted by molar-refractivity contribution is -0.00886. The first-order chi connectivity index (χ1) is 15.5. The van der Waals surface area contributed by atoms with Crippen LogP contribution in [0.25, 0.3) is 11.2 Å². The maximum absolute atomic E-state index is 10.6. The summed E-state index contributed by atoms with van der Waals surface area (Å²) in [5.74, 6) is 0.549. The Balaban J connectivity index is 1.33. The lowest BCUT2D eigenvalue weighted by atomic mass is 10.1. The number of benzene rings is 1. The molecule has 0 bridgehead atoms. The van der Waals surface area contributed by atoms with E-state index in [0.717, 1.165) is 30.2 Å². The monoisotopic (exact) mass is 458 g/mol. The molecule has 2 aliphatic rings. The minimum Gasteiger partial charge on any atom is -0.390 e. The molecule has 0 radical (unpaired) electrons. The van der Waals surface area contributed by atoms with Crippen molar-refractivity contribution in [2.24, 2.45) is 5.92 Å². The summed E-state index contributed by atoms with van der Waals surface area (Å²) in [6.45, 7) is 2.18. The molecule has 1 saturated carbocycles. The van der Waals surface area contributed by atoms with Crippen molar-refractivity contribution in [1.29, 1.82) is 0 Å². The zero-order valence-corrected chi connectivity index (χ0v) is 18.6. The molecule has 0 spiro atoms. The zero-order chi connectivity index (χ0) is 22.2. The Morgan fingerprint density at radius 1 is 1.16 bits per heavy atom. The van der Waals surface area contributed by atoms with E-state index in [4.69, 9.17) is 16.3 Å². The molecule has 2 fully saturated rings. The van der Waals surface area contributed by atoms with Gasteiger partial charge in [0.05, 0.1) is 25.1 Å². The third-order valence-corrected chi connectivity index (χ3v) is 6.84. The Hall–Kier alpha value is -2.46. The highest BCUT2D eigenvalue weighted by Gasteiger charge is 2.43. The largest absolute Gasteiger partial charge is 0.390 e. The number of ether oxygens (including phenoxy) is 1. The first kappa shape index (κ1) is 21.4. The topological polar surface area (TPSA) is 109 Å². The molecule has 0 amide bonds. The van der Waals surface area contributed by atoms with Crippen LogP contribution in [-0.2, 0) is 4.74 Å². The van der Waals surface area contributed by atoms with E-state index in [2.05, 4.69) is 25.2 Å². The van der Waals surface area contributed by atoms with Gasteiger partial charge in [-0.1, -0.05) is 11.6 Å². The van der Waals surface area contributed by atoms with Crippen LogP contribution < -0.4 is 10.2 Å². The van der Waals surface area contributed by atoms with Gasteiger partial charge >= 0.3 is 0 Å². The fourth-order valence-corrected chi connectivity index (χ4v) is 5.04. The Kier molecular flexibility index (Phi) is 5.90. The lowest BCUT2D eigenvalue weighted by Gasteiger charge is -2.20. The fourth-order valence-electron chi connectivity index (χ4n) is 4.91. The predicted molar refractivity (Wildman–Crippen MR) is 122 cm³/mol. The van der Waals surface area contributed by atoms with Crippen LogP contribution in [0.5, 0.6) is 0 Å². The number of fused-ring (bicyclic) bond motifs is 1. The minimum atomic E-state index is -0.901. The number of nitrogens with one attached hydrogen (secondary N) is 1. The Labute approximate surface area is 191 Å². The molecule has 170 valence electrons. The number of hydrogen-bond acceptors (Lipinski definition) is 8. The number of rotatable bonds is 6. The number of aliphatic hydroxyl groups excluding tert-OH is 2. The van der Waals surface area contributed by atoms with E-state index in [1.807, 2.05) is 28.8 Å². The van der Waals surface area contributed by atoms with Crippen LogP contribution in [-0.4, -0.2) is 74.8 Å². The van der Waals surface area contributed by atoms with Crippen molar-refractivity contribution < 1.29 is 14.9 Å². The van der Waals surface area contributed by atoms with E-state index >= 15 is 0 Å². The molecule has 3 N–H and O–H groups in total. The normalized spacial score (nSPS) is 28.0. The number of halogens is 1. The smallest absolute Gasteiger partial charge is 0.165 e. The second-order valence-electron chi connectivity index (χ2n) is 8.60. The molecule has 1 aliphatic heterocycles. The minimum absolute atomic E-state index is 0.130. The molecule has 3 aromatic rings. The quantitative estimate of drug-likeness (QED) is 0.515. The molecular weight excluding hydrogens is 432 g/mol. The second kappa shape index (κ2) is 8.82. The molecule has 0 unspecified atom stereocenters. The van der Waals surface area contributed by atoms with E-state index in [1.54, 1.807) is 13.4 Å². The van der Waals surface area contributed by atoms with E-state index in [-0.39, 0.29) is 18.0 Å². The van der Waals surface area contributed by atoms with Gasteiger partial charge in [0.1, 0.15) is 17.9 Å². The SMILES string of the molecule is COC[C@H]1C[C@@H](n2cnc3c(N[C@H]4CCN(c5ccc(Cl)cc5)C4)ncnc32)[C@@H](O)[C@H]1O. The van der Waals surface area contributed by atoms with Crippen LogP contribution in [0.4, 0.5) is 11.5 Å². The summed E-state index contributed by atoms with van der Waals surface area (Å²) < 4.78 is 7.04. The van der Waals surface area contributed by atoms with Crippen molar-refractivity contribution in [3.05, 3.63) is 41.9 Å². The summed E-state index contributed by atoms with van der Waals surface area (Å²) in [5, 5.41) is 25.3. The highest BCUT2D eigenvalue weighted by Crippen LogP contribution is 2.37. The van der Waals surface area contributed by atoms with Crippen molar-refractivity contribution in [2.45, 2.75) is 37.1 Å². The number of hydrogen-bond donors (Lipinski definition) is 3. The van der Waals surface area contributed by atoms with Gasteiger partial charge in [-0.25, -0.2) is 15.0 Å². The summed E-state index contributed by atoms with van der Waals surface area (Å²) >= 11 is 6.01. The standard InChI is InChI=1S/C22H27ClN6O3/c1-32-10-13-8-17(20(31)19(13)30)29-12-26-18-21(24-11-25-22(18)29)27-15-6-7-28(9-15)16-4-2-14(23)3-5-16/h2-5,11-13,15,17,19-20,30-31H,6-10H2,1H3,(H,24,25,27)/t13-,15+,17-,19+,20-/m1/s1. The van der Waals surface area contributed by atoms with Crippen molar-refractivity contribution in [3.63, 3.8) is 0 Å². The van der Waals surface area contributed by atoms with Gasteiger partial charge in [0.25, 0.3) is 0 Å². The number of aliphatic hydroxyl groups is 2. The molecule has 5 atom stereocenters. The lowest BCUT2D eigenvalue weighted by Crippen LogP contribution is -2.30. The first-order valence-corrected chi connectivity index (χ1v) is 11.2. The van der Waals surface area contributed by atoms with E-state index in [9.17, 15) is 10.2 Å². The molecule has 32 heavy (non-hydrogen) atoms. The zero-order valence-electron chi connectivity index (χ0n) is 17.8. The number of aromatic nitrogens is 4. The molecule has 9 nitrogen and oxygen atoms in total. The fraction of sp³-hybridized carbons (Fsp3) is 0.500. The summed E-state index contributed by atoms with van der Waals surface area (Å²) in [6.07, 6.45) is 3.01. The van der Waals surface area contributed by atoms with Crippen molar-refractivity contribution in [2.75, 3.05) is 37.0 Å². The molecule has 3 heterocycles. The number of imidazole rings is 1. The van der Waals surface area contributed by atoms with Gasteiger partial charge in [0, 0.05) is 42.9 Å². The molecule has 5 rings (SSSR count). The summed E-state index contributed by atoms with van der Waals surface area (Å²) in [6, 6.07) is 7.79. The molecule has 10 heteroatoms. The Bertz CT molecular complexity index is 1080. The van der Waals surface area contributed by atoms with Gasteiger partial charge in [0.15, 0.2) is 11.5 Å². The molecular formula is C22H27ClN6O3. The average molecular weight is 459 g/mol. The van der Waals surface area contributed by atoms with Gasteiger partial charge < -0.3 is 29.7 Å². The van der Waals surface area contributed by atoms with Crippen molar-refractivity contribution in [1.82, 2.24) is 19.5 Å². The second-order valence-corrected chi connectivity index (χ2v) is 9.03. The van der Waals surface area contributed by atoms with Crippen LogP contribution >= 0.6 is 11.6 Å². The van der Waals surface area contributed by atoms with E-state index in [0.29, 0.717) is 30.0 Å².